The van der Waals surface area contributed by atoms with E-state index in [1.165, 1.54) is 6.26 Å². The number of aryl methyl sites for hydroxylation is 1. The minimum Gasteiger partial charge on any atom is -0.329 e. The maximum Gasteiger partial charge on any atom is 0.234 e. The fourth-order valence-corrected chi connectivity index (χ4v) is 5.84. The number of amides is 1. The van der Waals surface area contributed by atoms with E-state index in [0.29, 0.717) is 23.3 Å². The highest BCUT2D eigenvalue weighted by Crippen LogP contribution is 2.30. The van der Waals surface area contributed by atoms with E-state index in [1.54, 1.807) is 30.5 Å². The van der Waals surface area contributed by atoms with Crippen LogP contribution < -0.4 is 15.5 Å². The minimum atomic E-state index is -3.10. The fraction of sp³-hybridized carbons (Fsp3) is 0.250. The van der Waals surface area contributed by atoms with Gasteiger partial charge in [-0.3, -0.25) is 10.1 Å². The van der Waals surface area contributed by atoms with Crippen molar-refractivity contribution in [3.8, 4) is 0 Å². The van der Waals surface area contributed by atoms with Crippen LogP contribution >= 0.6 is 0 Å². The first-order valence-electron chi connectivity index (χ1n) is 13.9. The van der Waals surface area contributed by atoms with Crippen molar-refractivity contribution < 1.29 is 13.2 Å². The van der Waals surface area contributed by atoms with Gasteiger partial charge in [0.15, 0.2) is 9.84 Å². The van der Waals surface area contributed by atoms with Crippen molar-refractivity contribution in [2.75, 3.05) is 28.8 Å². The topological polar surface area (TPSA) is 122 Å². The van der Waals surface area contributed by atoms with Gasteiger partial charge in [-0.15, -0.1) is 0 Å². The molecule has 5 rings (SSSR count). The number of aromatic nitrogens is 4. The Bertz CT molecular complexity index is 1850. The Morgan fingerprint density at radius 3 is 2.37 bits per heavy atom. The molecule has 0 aliphatic heterocycles. The largest absolute Gasteiger partial charge is 0.329 e. The van der Waals surface area contributed by atoms with Crippen molar-refractivity contribution in [1.29, 1.82) is 0 Å². The molecule has 2 heterocycles. The molecule has 0 saturated carbocycles. The van der Waals surface area contributed by atoms with E-state index >= 15 is 0 Å². The van der Waals surface area contributed by atoms with Crippen molar-refractivity contribution in [3.63, 3.8) is 0 Å². The number of carbonyl (C=O) groups is 1. The van der Waals surface area contributed by atoms with E-state index in [4.69, 9.17) is 4.98 Å². The van der Waals surface area contributed by atoms with Crippen LogP contribution in [0.5, 0.6) is 0 Å². The lowest BCUT2D eigenvalue weighted by Crippen LogP contribution is -2.26. The Balaban J connectivity index is 1.33. The predicted molar refractivity (Wildman–Crippen MR) is 172 cm³/mol. The Labute approximate surface area is 251 Å². The summed E-state index contributed by atoms with van der Waals surface area (Å²) in [5.41, 5.74) is 4.92. The van der Waals surface area contributed by atoms with Crippen molar-refractivity contribution in [2.45, 2.75) is 25.5 Å². The van der Waals surface area contributed by atoms with Crippen molar-refractivity contribution in [1.82, 2.24) is 19.5 Å². The molecule has 0 aliphatic carbocycles. The van der Waals surface area contributed by atoms with Gasteiger partial charge in [0.2, 0.25) is 17.8 Å². The number of nitrogens with one attached hydrogen (secondary N) is 2. The second-order valence-corrected chi connectivity index (χ2v) is 13.1. The van der Waals surface area contributed by atoms with E-state index in [1.807, 2.05) is 92.0 Å². The number of fused-ring (bicyclic) bond motifs is 1. The Morgan fingerprint density at radius 1 is 0.977 bits per heavy atom. The maximum absolute atomic E-state index is 13.4. The molecule has 1 atom stereocenters. The third-order valence-corrected chi connectivity index (χ3v) is 8.08. The second-order valence-electron chi connectivity index (χ2n) is 11.0. The minimum absolute atomic E-state index is 0.00924. The number of nitrogens with zero attached hydrogens (tertiary/aromatic N) is 5. The fourth-order valence-electron chi connectivity index (χ4n) is 5.04. The molecule has 10 nitrogen and oxygen atoms in total. The van der Waals surface area contributed by atoms with Gasteiger partial charge in [0.05, 0.1) is 22.7 Å². The molecule has 43 heavy (non-hydrogen) atoms. The number of benzene rings is 3. The molecule has 0 aliphatic rings. The third-order valence-electron chi connectivity index (χ3n) is 7.22. The highest BCUT2D eigenvalue weighted by Gasteiger charge is 2.25. The van der Waals surface area contributed by atoms with E-state index in [-0.39, 0.29) is 23.5 Å². The summed E-state index contributed by atoms with van der Waals surface area (Å²) in [5.74, 6) is 1.27. The summed E-state index contributed by atoms with van der Waals surface area (Å²) < 4.78 is 25.0. The predicted octanol–water partition coefficient (Wildman–Crippen LogP) is 5.80. The molecular formula is C32H35N7O3S. The van der Waals surface area contributed by atoms with Crippen LogP contribution in [0.4, 0.5) is 29.1 Å². The molecule has 11 heteroatoms. The van der Waals surface area contributed by atoms with Gasteiger partial charge in [-0.2, -0.15) is 4.98 Å². The van der Waals surface area contributed by atoms with E-state index in [0.717, 1.165) is 28.0 Å². The Kier molecular flexibility index (Phi) is 8.45. The quantitative estimate of drug-likeness (QED) is 0.207. The van der Waals surface area contributed by atoms with Gasteiger partial charge in [-0.25, -0.2) is 18.4 Å². The molecule has 2 N–H and O–H groups in total. The van der Waals surface area contributed by atoms with E-state index in [2.05, 4.69) is 20.6 Å². The Hall–Kier alpha value is -4.77. The second kappa shape index (κ2) is 12.2. The van der Waals surface area contributed by atoms with Gasteiger partial charge in [-0.1, -0.05) is 56.3 Å². The monoisotopic (exact) mass is 597 g/mol. The summed E-state index contributed by atoms with van der Waals surface area (Å²) in [5, 5.41) is 6.22. The molecule has 2 aromatic heterocycles. The number of anilines is 5. The molecule has 5 aromatic rings. The summed E-state index contributed by atoms with van der Waals surface area (Å²) in [4.78, 5) is 29.0. The first-order valence-corrected chi connectivity index (χ1v) is 16.0. The number of carbonyl (C=O) groups excluding carboxylic acids is 1. The average Bonchev–Trinajstić information content (AvgIpc) is 3.27. The highest BCUT2D eigenvalue weighted by molar-refractivity contribution is 7.89. The van der Waals surface area contributed by atoms with Gasteiger partial charge in [0.1, 0.15) is 5.82 Å². The van der Waals surface area contributed by atoms with Gasteiger partial charge in [-0.05, 0) is 53.4 Å². The summed E-state index contributed by atoms with van der Waals surface area (Å²) >= 11 is 0. The zero-order valence-corrected chi connectivity index (χ0v) is 25.6. The number of rotatable bonds is 10. The molecule has 1 unspecified atom stereocenters. The lowest BCUT2D eigenvalue weighted by Gasteiger charge is -2.20. The number of hydrogen-bond donors (Lipinski definition) is 2. The van der Waals surface area contributed by atoms with Crippen LogP contribution in [-0.2, 0) is 27.4 Å². The third kappa shape index (κ3) is 7.00. The molecule has 0 bridgehead atoms. The van der Waals surface area contributed by atoms with E-state index < -0.39 is 9.84 Å². The first-order chi connectivity index (χ1) is 20.5. The highest BCUT2D eigenvalue weighted by atomic mass is 32.2. The normalized spacial score (nSPS) is 12.3. The van der Waals surface area contributed by atoms with Crippen LogP contribution in [0.25, 0.3) is 11.0 Å². The van der Waals surface area contributed by atoms with Crippen molar-refractivity contribution >= 4 is 55.9 Å². The average molecular weight is 598 g/mol. The number of sulfone groups is 1. The zero-order valence-electron chi connectivity index (χ0n) is 24.8. The van der Waals surface area contributed by atoms with Crippen molar-refractivity contribution in [2.24, 2.45) is 13.0 Å². The van der Waals surface area contributed by atoms with Gasteiger partial charge >= 0.3 is 0 Å². The van der Waals surface area contributed by atoms with Crippen LogP contribution in [0.3, 0.4) is 0 Å². The standard InChI is InChI=1S/C32H35N7O3S/c1-21(2)29(23-9-7-6-8-10-23)30(40)37-32-35-26-19-25(15-16-27(26)39(32)4)38(3)28-17-18-33-31(36-28)34-24-13-11-22(12-14-24)20-43(5,41)42/h6-19,21,29H,20H2,1-5H3,(H,33,34,36)(H,35,37,40). The molecule has 0 spiro atoms. The lowest BCUT2D eigenvalue weighted by molar-refractivity contribution is -0.118. The van der Waals surface area contributed by atoms with Crippen LogP contribution in [0.1, 0.15) is 30.9 Å². The molecular weight excluding hydrogens is 562 g/mol. The summed E-state index contributed by atoms with van der Waals surface area (Å²) in [7, 11) is 0.692. The van der Waals surface area contributed by atoms with Crippen LogP contribution in [0, 0.1) is 5.92 Å². The summed E-state index contributed by atoms with van der Waals surface area (Å²) in [6, 6.07) is 24.6. The Morgan fingerprint density at radius 2 is 1.70 bits per heavy atom. The molecule has 0 saturated heterocycles. The summed E-state index contributed by atoms with van der Waals surface area (Å²) in [6.07, 6.45) is 2.89. The smallest absolute Gasteiger partial charge is 0.234 e. The first kappa shape index (κ1) is 29.7. The molecule has 0 fully saturated rings. The maximum atomic E-state index is 13.4. The zero-order chi connectivity index (χ0) is 30.7. The van der Waals surface area contributed by atoms with Crippen LogP contribution in [0.2, 0.25) is 0 Å². The molecule has 3 aromatic carbocycles. The van der Waals surface area contributed by atoms with E-state index in [9.17, 15) is 13.2 Å². The molecule has 0 radical (unpaired) electrons. The lowest BCUT2D eigenvalue weighted by atomic mass is 9.88. The SMILES string of the molecule is CC(C)C(C(=O)Nc1nc2cc(N(C)c3ccnc(Nc4ccc(CS(C)(=O)=O)cc4)n3)ccc2n1C)c1ccccc1. The summed E-state index contributed by atoms with van der Waals surface area (Å²) in [6.45, 7) is 4.08. The number of imidazole rings is 1. The van der Waals surface area contributed by atoms with Crippen molar-refractivity contribution in [3.05, 3.63) is 96.2 Å². The van der Waals surface area contributed by atoms with Crippen LogP contribution in [-0.4, -0.2) is 47.1 Å². The van der Waals surface area contributed by atoms with Gasteiger partial charge < -0.3 is 14.8 Å². The van der Waals surface area contributed by atoms with Gasteiger partial charge in [0, 0.05) is 37.9 Å². The van der Waals surface area contributed by atoms with Crippen LogP contribution in [0.15, 0.2) is 85.1 Å². The van der Waals surface area contributed by atoms with Gasteiger partial charge in [0.25, 0.3) is 0 Å². The molecule has 222 valence electrons. The molecule has 1 amide bonds. The number of hydrogen-bond acceptors (Lipinski definition) is 8.